The molecule has 0 aliphatic carbocycles. The Morgan fingerprint density at radius 1 is 0.731 bits per heavy atom. The van der Waals surface area contributed by atoms with Gasteiger partial charge in [-0.3, -0.25) is 4.52 Å². The minimum Gasteiger partial charge on any atom is -0.303 e. The van der Waals surface area contributed by atoms with Crippen molar-refractivity contribution in [3.63, 3.8) is 0 Å². The van der Waals surface area contributed by atoms with Gasteiger partial charge in [-0.1, -0.05) is 90.1 Å². The van der Waals surface area contributed by atoms with Gasteiger partial charge in [-0.05, 0) is 33.1 Å². The van der Waals surface area contributed by atoms with E-state index in [0.29, 0.717) is 11.1 Å². The van der Waals surface area contributed by atoms with Crippen molar-refractivity contribution in [3.05, 3.63) is 70.8 Å². The third-order valence-corrected chi connectivity index (χ3v) is 4.89. The summed E-state index contributed by atoms with van der Waals surface area (Å²) in [4.78, 5) is 18.7. The molecule has 0 spiro atoms. The number of phosphoric ester groups is 1. The fourth-order valence-corrected chi connectivity index (χ4v) is 3.29. The largest absolute Gasteiger partial charge is 0.470 e. The van der Waals surface area contributed by atoms with Gasteiger partial charge in [0.1, 0.15) is 6.10 Å². The van der Waals surface area contributed by atoms with Gasteiger partial charge in [-0.2, -0.15) is 0 Å². The molecule has 26 heavy (non-hydrogen) atoms. The van der Waals surface area contributed by atoms with E-state index in [1.165, 1.54) is 0 Å². The lowest BCUT2D eigenvalue weighted by Gasteiger charge is -2.24. The summed E-state index contributed by atoms with van der Waals surface area (Å²) in [6.45, 7) is 12.7. The van der Waals surface area contributed by atoms with Gasteiger partial charge in [-0.15, -0.1) is 0 Å². The predicted molar refractivity (Wildman–Crippen MR) is 105 cm³/mol. The number of phosphoric acid groups is 1. The van der Waals surface area contributed by atoms with Crippen LogP contribution in [0.25, 0.3) is 0 Å². The van der Waals surface area contributed by atoms with E-state index in [4.69, 9.17) is 4.52 Å². The molecule has 0 aliphatic rings. The Morgan fingerprint density at radius 3 is 1.27 bits per heavy atom. The van der Waals surface area contributed by atoms with E-state index in [1.54, 1.807) is 0 Å². The molecule has 5 heteroatoms. The van der Waals surface area contributed by atoms with Crippen molar-refractivity contribution in [2.24, 2.45) is 0 Å². The zero-order valence-corrected chi connectivity index (χ0v) is 17.2. The van der Waals surface area contributed by atoms with E-state index in [0.717, 1.165) is 11.1 Å². The maximum atomic E-state index is 11.5. The second-order valence-corrected chi connectivity index (χ2v) is 9.91. The first-order valence-electron chi connectivity index (χ1n) is 8.72. The summed E-state index contributed by atoms with van der Waals surface area (Å²) in [5.41, 5.74) is 3.74. The molecule has 0 bridgehead atoms. The molecule has 2 aromatic rings. The van der Waals surface area contributed by atoms with Gasteiger partial charge in [0.15, 0.2) is 0 Å². The average molecular weight is 376 g/mol. The zero-order valence-electron chi connectivity index (χ0n) is 16.4. The van der Waals surface area contributed by atoms with Crippen molar-refractivity contribution in [1.29, 1.82) is 0 Å². The second kappa shape index (κ2) is 7.28. The summed E-state index contributed by atoms with van der Waals surface area (Å²) in [7, 11) is -4.64. The molecule has 0 atom stereocenters. The topological polar surface area (TPSA) is 66.8 Å². The Bertz CT molecular complexity index is 717. The lowest BCUT2D eigenvalue weighted by Crippen LogP contribution is -2.13. The Kier molecular flexibility index (Phi) is 5.84. The third-order valence-electron chi connectivity index (χ3n) is 4.40. The number of benzene rings is 2. The first-order valence-corrected chi connectivity index (χ1v) is 10.3. The van der Waals surface area contributed by atoms with Crippen LogP contribution >= 0.6 is 7.82 Å². The first-order chi connectivity index (χ1) is 11.8. The summed E-state index contributed by atoms with van der Waals surface area (Å²) in [6, 6.07) is 15.4. The van der Waals surface area contributed by atoms with Gasteiger partial charge in [0.05, 0.1) is 0 Å². The lowest BCUT2D eigenvalue weighted by atomic mass is 9.85. The van der Waals surface area contributed by atoms with Crippen molar-refractivity contribution < 1.29 is 18.9 Å². The molecule has 142 valence electrons. The molecule has 0 aromatic heterocycles. The van der Waals surface area contributed by atoms with Gasteiger partial charge < -0.3 is 9.79 Å². The summed E-state index contributed by atoms with van der Waals surface area (Å²) in [6.07, 6.45) is -0.820. The molecule has 2 rings (SSSR count). The van der Waals surface area contributed by atoms with Gasteiger partial charge in [0.2, 0.25) is 0 Å². The van der Waals surface area contributed by atoms with E-state index >= 15 is 0 Å². The quantitative estimate of drug-likeness (QED) is 0.694. The first kappa shape index (κ1) is 20.9. The van der Waals surface area contributed by atoms with Crippen LogP contribution < -0.4 is 0 Å². The highest BCUT2D eigenvalue weighted by Crippen LogP contribution is 2.45. The van der Waals surface area contributed by atoms with E-state index in [9.17, 15) is 14.4 Å². The molecule has 2 aromatic carbocycles. The molecule has 2 N–H and O–H groups in total. The fourth-order valence-electron chi connectivity index (χ4n) is 2.77. The normalized spacial score (nSPS) is 13.3. The van der Waals surface area contributed by atoms with Crippen LogP contribution in [0, 0.1) is 0 Å². The van der Waals surface area contributed by atoms with Gasteiger partial charge in [0.25, 0.3) is 0 Å². The third kappa shape index (κ3) is 5.52. The molecule has 0 aliphatic heterocycles. The molecule has 0 radical (unpaired) electrons. The molecule has 0 unspecified atom stereocenters. The van der Waals surface area contributed by atoms with Crippen molar-refractivity contribution >= 4 is 7.82 Å². The van der Waals surface area contributed by atoms with Gasteiger partial charge in [-0.25, -0.2) is 4.57 Å². The number of rotatable bonds is 4. The number of hydrogen-bond acceptors (Lipinski definition) is 2. The molecule has 0 saturated heterocycles. The molecule has 0 heterocycles. The zero-order chi connectivity index (χ0) is 19.8. The predicted octanol–water partition coefficient (Wildman–Crippen LogP) is 5.48. The molecule has 0 fully saturated rings. The Balaban J connectivity index is 2.42. The monoisotopic (exact) mass is 376 g/mol. The van der Waals surface area contributed by atoms with Crippen LogP contribution in [0.4, 0.5) is 0 Å². The smallest absolute Gasteiger partial charge is 0.303 e. The molecule has 0 amide bonds. The van der Waals surface area contributed by atoms with Crippen molar-refractivity contribution in [3.8, 4) is 0 Å². The minimum atomic E-state index is -4.64. The van der Waals surface area contributed by atoms with Crippen LogP contribution in [0.3, 0.4) is 0 Å². The molecular formula is C21H29O4P. The lowest BCUT2D eigenvalue weighted by molar-refractivity contribution is 0.158. The highest BCUT2D eigenvalue weighted by atomic mass is 31.2. The molecular weight excluding hydrogens is 347 g/mol. The standard InChI is InChI=1S/C21H29O4P/c1-20(2,3)17-11-7-15(8-12-17)19(25-26(22,23)24)16-9-13-18(14-10-16)21(4,5)6/h7-14,19H,1-6H3,(H2,22,23,24). The van der Waals surface area contributed by atoms with Crippen LogP contribution in [-0.4, -0.2) is 9.79 Å². The van der Waals surface area contributed by atoms with Gasteiger partial charge >= 0.3 is 7.82 Å². The summed E-state index contributed by atoms with van der Waals surface area (Å²) in [5.74, 6) is 0. The van der Waals surface area contributed by atoms with E-state index in [2.05, 4.69) is 41.5 Å². The van der Waals surface area contributed by atoms with Crippen molar-refractivity contribution in [2.45, 2.75) is 58.5 Å². The maximum Gasteiger partial charge on any atom is 0.470 e. The van der Waals surface area contributed by atoms with Crippen molar-refractivity contribution in [2.75, 3.05) is 0 Å². The Hall–Kier alpha value is -1.45. The summed E-state index contributed by atoms with van der Waals surface area (Å²) >= 11 is 0. The van der Waals surface area contributed by atoms with Crippen LogP contribution in [0.5, 0.6) is 0 Å². The minimum absolute atomic E-state index is 0.00644. The van der Waals surface area contributed by atoms with E-state index in [-0.39, 0.29) is 10.8 Å². The van der Waals surface area contributed by atoms with Crippen LogP contribution in [0.15, 0.2) is 48.5 Å². The average Bonchev–Trinajstić information content (AvgIpc) is 2.50. The second-order valence-electron chi connectivity index (χ2n) is 8.72. The summed E-state index contributed by atoms with van der Waals surface area (Å²) < 4.78 is 16.6. The van der Waals surface area contributed by atoms with Crippen LogP contribution in [-0.2, 0) is 19.9 Å². The highest BCUT2D eigenvalue weighted by molar-refractivity contribution is 7.46. The van der Waals surface area contributed by atoms with Crippen LogP contribution in [0.2, 0.25) is 0 Å². The van der Waals surface area contributed by atoms with E-state index in [1.807, 2.05) is 48.5 Å². The summed E-state index contributed by atoms with van der Waals surface area (Å²) in [5, 5.41) is 0. The van der Waals surface area contributed by atoms with Crippen LogP contribution in [0.1, 0.15) is 69.9 Å². The maximum absolute atomic E-state index is 11.5. The molecule has 0 saturated carbocycles. The Morgan fingerprint density at radius 2 is 1.04 bits per heavy atom. The Labute approximate surface area is 156 Å². The van der Waals surface area contributed by atoms with E-state index < -0.39 is 13.9 Å². The molecule has 4 nitrogen and oxygen atoms in total. The SMILES string of the molecule is CC(C)(C)c1ccc(C(OP(=O)(O)O)c2ccc(C(C)(C)C)cc2)cc1. The fraction of sp³-hybridized carbons (Fsp3) is 0.429. The van der Waals surface area contributed by atoms with Gasteiger partial charge in [0, 0.05) is 0 Å². The number of hydrogen-bond donors (Lipinski definition) is 2. The highest BCUT2D eigenvalue weighted by Gasteiger charge is 2.26. The van der Waals surface area contributed by atoms with Crippen molar-refractivity contribution in [1.82, 2.24) is 0 Å².